The second-order valence-corrected chi connectivity index (χ2v) is 5.24. The van der Waals surface area contributed by atoms with Crippen LogP contribution < -0.4 is 5.32 Å². The molecule has 4 nitrogen and oxygen atoms in total. The third-order valence-electron chi connectivity index (χ3n) is 3.20. The molecule has 21 heavy (non-hydrogen) atoms. The van der Waals surface area contributed by atoms with Crippen molar-refractivity contribution in [3.05, 3.63) is 35.4 Å². The van der Waals surface area contributed by atoms with E-state index in [1.54, 1.807) is 0 Å². The van der Waals surface area contributed by atoms with Gasteiger partial charge in [-0.15, -0.1) is 0 Å². The van der Waals surface area contributed by atoms with Gasteiger partial charge in [0.1, 0.15) is 6.04 Å². The van der Waals surface area contributed by atoms with Crippen molar-refractivity contribution in [1.82, 2.24) is 5.32 Å². The number of carboxylic acids is 1. The predicted molar refractivity (Wildman–Crippen MR) is 69.7 cm³/mol. The van der Waals surface area contributed by atoms with Gasteiger partial charge in [-0.2, -0.15) is 13.2 Å². The lowest BCUT2D eigenvalue weighted by atomic mass is 9.82. The molecule has 0 fully saturated rings. The highest BCUT2D eigenvalue weighted by Crippen LogP contribution is 2.32. The van der Waals surface area contributed by atoms with E-state index < -0.39 is 35.1 Å². The number of carbonyl (C=O) groups excluding carboxylic acids is 1. The van der Waals surface area contributed by atoms with E-state index in [4.69, 9.17) is 5.11 Å². The van der Waals surface area contributed by atoms with Gasteiger partial charge >= 0.3 is 12.1 Å². The molecule has 0 saturated heterocycles. The molecule has 0 saturated carbocycles. The standard InChI is InChI=1S/C14H16F3NO3/c1-8(11(19)20)18-12(21)13(2,3)9-5-4-6-10(7-9)14(15,16)17/h4-8H,1-3H3,(H,18,21)(H,19,20)/t8-/m1/s1. The first-order valence-electron chi connectivity index (χ1n) is 6.17. The summed E-state index contributed by atoms with van der Waals surface area (Å²) in [7, 11) is 0. The van der Waals surface area contributed by atoms with E-state index in [2.05, 4.69) is 5.32 Å². The van der Waals surface area contributed by atoms with Gasteiger partial charge in [-0.1, -0.05) is 18.2 Å². The average molecular weight is 303 g/mol. The van der Waals surface area contributed by atoms with Gasteiger partial charge in [0.2, 0.25) is 5.91 Å². The van der Waals surface area contributed by atoms with Gasteiger partial charge in [0.05, 0.1) is 11.0 Å². The Balaban J connectivity index is 3.07. The van der Waals surface area contributed by atoms with Crippen LogP contribution >= 0.6 is 0 Å². The van der Waals surface area contributed by atoms with E-state index in [0.717, 1.165) is 12.1 Å². The summed E-state index contributed by atoms with van der Waals surface area (Å²) in [5.41, 5.74) is -1.98. The fourth-order valence-electron chi connectivity index (χ4n) is 1.65. The minimum absolute atomic E-state index is 0.160. The number of hydrogen-bond acceptors (Lipinski definition) is 2. The topological polar surface area (TPSA) is 66.4 Å². The Bertz CT molecular complexity index is 553. The first-order valence-corrected chi connectivity index (χ1v) is 6.17. The molecule has 0 bridgehead atoms. The first kappa shape index (κ1) is 17.0. The molecule has 0 aliphatic carbocycles. The molecule has 1 rings (SSSR count). The number of benzene rings is 1. The number of carbonyl (C=O) groups is 2. The maximum absolute atomic E-state index is 12.7. The number of halogens is 3. The van der Waals surface area contributed by atoms with Crippen molar-refractivity contribution in [2.45, 2.75) is 38.4 Å². The van der Waals surface area contributed by atoms with Crippen LogP contribution in [0.2, 0.25) is 0 Å². The number of alkyl halides is 3. The van der Waals surface area contributed by atoms with E-state index in [1.807, 2.05) is 0 Å². The average Bonchev–Trinajstić information content (AvgIpc) is 2.37. The molecule has 0 radical (unpaired) electrons. The van der Waals surface area contributed by atoms with Crippen LogP contribution in [0.15, 0.2) is 24.3 Å². The van der Waals surface area contributed by atoms with Crippen LogP contribution in [0.1, 0.15) is 31.9 Å². The maximum atomic E-state index is 12.7. The SMILES string of the molecule is C[C@@H](NC(=O)C(C)(C)c1cccc(C(F)(F)F)c1)C(=O)O. The van der Waals surface area contributed by atoms with Gasteiger partial charge in [0, 0.05) is 0 Å². The van der Waals surface area contributed by atoms with E-state index in [1.165, 1.54) is 32.9 Å². The second-order valence-electron chi connectivity index (χ2n) is 5.24. The van der Waals surface area contributed by atoms with Crippen molar-refractivity contribution in [3.63, 3.8) is 0 Å². The fourth-order valence-corrected chi connectivity index (χ4v) is 1.65. The summed E-state index contributed by atoms with van der Waals surface area (Å²) in [6, 6.07) is 3.30. The number of hydrogen-bond donors (Lipinski definition) is 2. The summed E-state index contributed by atoms with van der Waals surface area (Å²) < 4.78 is 38.1. The van der Waals surface area contributed by atoms with E-state index in [9.17, 15) is 22.8 Å². The van der Waals surface area contributed by atoms with Gasteiger partial charge < -0.3 is 10.4 Å². The Morgan fingerprint density at radius 1 is 1.19 bits per heavy atom. The van der Waals surface area contributed by atoms with Crippen LogP contribution in [0.4, 0.5) is 13.2 Å². The molecule has 0 heterocycles. The zero-order chi connectivity index (χ0) is 16.4. The number of aliphatic carboxylic acids is 1. The summed E-state index contributed by atoms with van der Waals surface area (Å²) in [6.07, 6.45) is -4.50. The highest BCUT2D eigenvalue weighted by molar-refractivity contribution is 5.90. The molecule has 2 N–H and O–H groups in total. The minimum Gasteiger partial charge on any atom is -0.480 e. The maximum Gasteiger partial charge on any atom is 0.416 e. The van der Waals surface area contributed by atoms with Gasteiger partial charge in [-0.05, 0) is 32.4 Å². The Labute approximate surface area is 120 Å². The zero-order valence-corrected chi connectivity index (χ0v) is 11.8. The first-order chi connectivity index (χ1) is 9.46. The van der Waals surface area contributed by atoms with Crippen LogP contribution in [-0.4, -0.2) is 23.0 Å². The Hall–Kier alpha value is -2.05. The van der Waals surface area contributed by atoms with Crippen molar-refractivity contribution in [1.29, 1.82) is 0 Å². The van der Waals surface area contributed by atoms with Crippen LogP contribution in [0.5, 0.6) is 0 Å². The Morgan fingerprint density at radius 2 is 1.71 bits per heavy atom. The fraction of sp³-hybridized carbons (Fsp3) is 0.429. The van der Waals surface area contributed by atoms with Crippen molar-refractivity contribution < 1.29 is 27.9 Å². The smallest absolute Gasteiger partial charge is 0.416 e. The minimum atomic E-state index is -4.50. The van der Waals surface area contributed by atoms with Gasteiger partial charge in [0.15, 0.2) is 0 Å². The molecule has 0 aliphatic heterocycles. The lowest BCUT2D eigenvalue weighted by Gasteiger charge is -2.26. The summed E-state index contributed by atoms with van der Waals surface area (Å²) in [6.45, 7) is 4.15. The normalized spacial score (nSPS) is 13.6. The molecule has 1 atom stereocenters. The van der Waals surface area contributed by atoms with Crippen molar-refractivity contribution in [2.24, 2.45) is 0 Å². The molecule has 1 aromatic carbocycles. The second kappa shape index (κ2) is 5.75. The highest BCUT2D eigenvalue weighted by atomic mass is 19.4. The Kier molecular flexibility index (Phi) is 4.65. The third-order valence-corrected chi connectivity index (χ3v) is 3.20. The number of nitrogens with one attached hydrogen (secondary N) is 1. The molecule has 1 amide bonds. The lowest BCUT2D eigenvalue weighted by Crippen LogP contribution is -2.47. The molecule has 116 valence electrons. The molecule has 7 heteroatoms. The number of carboxylic acid groups (broad SMARTS) is 1. The van der Waals surface area contributed by atoms with E-state index >= 15 is 0 Å². The summed E-state index contributed by atoms with van der Waals surface area (Å²) >= 11 is 0. The summed E-state index contributed by atoms with van der Waals surface area (Å²) in [4.78, 5) is 22.8. The largest absolute Gasteiger partial charge is 0.480 e. The molecule has 1 aromatic rings. The van der Waals surface area contributed by atoms with Crippen LogP contribution in [0, 0.1) is 0 Å². The van der Waals surface area contributed by atoms with Gasteiger partial charge in [-0.3, -0.25) is 9.59 Å². The predicted octanol–water partition coefficient (Wildman–Crippen LogP) is 2.57. The third kappa shape index (κ3) is 3.96. The van der Waals surface area contributed by atoms with E-state index in [0.29, 0.717) is 0 Å². The van der Waals surface area contributed by atoms with Gasteiger partial charge in [0.25, 0.3) is 0 Å². The lowest BCUT2D eigenvalue weighted by molar-refractivity contribution is -0.142. The highest BCUT2D eigenvalue weighted by Gasteiger charge is 2.35. The van der Waals surface area contributed by atoms with Gasteiger partial charge in [-0.25, -0.2) is 0 Å². The van der Waals surface area contributed by atoms with Crippen LogP contribution in [0.3, 0.4) is 0 Å². The van der Waals surface area contributed by atoms with Crippen molar-refractivity contribution in [3.8, 4) is 0 Å². The summed E-state index contributed by atoms with van der Waals surface area (Å²) in [5, 5.41) is 11.0. The van der Waals surface area contributed by atoms with Crippen LogP contribution in [0.25, 0.3) is 0 Å². The number of amides is 1. The molecular weight excluding hydrogens is 287 g/mol. The van der Waals surface area contributed by atoms with E-state index in [-0.39, 0.29) is 5.56 Å². The van der Waals surface area contributed by atoms with Crippen molar-refractivity contribution in [2.75, 3.05) is 0 Å². The molecular formula is C14H16F3NO3. The quantitative estimate of drug-likeness (QED) is 0.898. The Morgan fingerprint density at radius 3 is 2.19 bits per heavy atom. The summed E-state index contributed by atoms with van der Waals surface area (Å²) in [5.74, 6) is -1.88. The van der Waals surface area contributed by atoms with Crippen LogP contribution in [-0.2, 0) is 21.2 Å². The number of rotatable bonds is 4. The van der Waals surface area contributed by atoms with Crippen molar-refractivity contribution >= 4 is 11.9 Å². The molecule has 0 aromatic heterocycles. The molecule has 0 unspecified atom stereocenters. The molecule has 0 spiro atoms. The molecule has 0 aliphatic rings. The zero-order valence-electron chi connectivity index (χ0n) is 11.8. The monoisotopic (exact) mass is 303 g/mol.